The van der Waals surface area contributed by atoms with E-state index in [4.69, 9.17) is 10.5 Å². The van der Waals surface area contributed by atoms with Crippen molar-refractivity contribution in [2.75, 3.05) is 13.1 Å². The molecule has 1 saturated heterocycles. The first kappa shape index (κ1) is 12.2. The standard InChI is InChI=1S/C9H16F2N2O2/c1-8(2,3)15-7(14)13-4-9(12,5-13)6(10)11/h6H,4-5,12H2,1-3H3. The molecule has 1 aliphatic heterocycles. The summed E-state index contributed by atoms with van der Waals surface area (Å²) in [6, 6.07) is 0. The van der Waals surface area contributed by atoms with Crippen molar-refractivity contribution in [3.8, 4) is 0 Å². The van der Waals surface area contributed by atoms with Crippen molar-refractivity contribution < 1.29 is 18.3 Å². The van der Waals surface area contributed by atoms with Gasteiger partial charge in [-0.2, -0.15) is 0 Å². The smallest absolute Gasteiger partial charge is 0.410 e. The average Bonchev–Trinajstić information content (AvgIpc) is 1.94. The summed E-state index contributed by atoms with van der Waals surface area (Å²) in [5.41, 5.74) is 3.16. The van der Waals surface area contributed by atoms with Gasteiger partial charge in [0.15, 0.2) is 0 Å². The minimum absolute atomic E-state index is 0.153. The van der Waals surface area contributed by atoms with Crippen LogP contribution in [0.4, 0.5) is 13.6 Å². The molecule has 2 N–H and O–H groups in total. The van der Waals surface area contributed by atoms with Gasteiger partial charge in [-0.25, -0.2) is 13.6 Å². The lowest BCUT2D eigenvalue weighted by molar-refractivity contribution is -0.0579. The zero-order valence-electron chi connectivity index (χ0n) is 9.09. The topological polar surface area (TPSA) is 55.6 Å². The SMILES string of the molecule is CC(C)(C)OC(=O)N1CC(N)(C(F)F)C1. The summed E-state index contributed by atoms with van der Waals surface area (Å²) in [5.74, 6) is 0. The predicted molar refractivity (Wildman–Crippen MR) is 50.7 cm³/mol. The third-order valence-corrected chi connectivity index (χ3v) is 2.06. The molecule has 0 bridgehead atoms. The maximum Gasteiger partial charge on any atom is 0.410 e. The van der Waals surface area contributed by atoms with Crippen LogP contribution in [0.3, 0.4) is 0 Å². The lowest BCUT2D eigenvalue weighted by Crippen LogP contribution is -2.72. The lowest BCUT2D eigenvalue weighted by atomic mass is 9.92. The van der Waals surface area contributed by atoms with Gasteiger partial charge in [-0.15, -0.1) is 0 Å². The third-order valence-electron chi connectivity index (χ3n) is 2.06. The van der Waals surface area contributed by atoms with Gasteiger partial charge < -0.3 is 15.4 Å². The molecule has 0 unspecified atom stereocenters. The van der Waals surface area contributed by atoms with Gasteiger partial charge in [0.1, 0.15) is 11.1 Å². The van der Waals surface area contributed by atoms with E-state index in [9.17, 15) is 13.6 Å². The van der Waals surface area contributed by atoms with Crippen LogP contribution in [0.2, 0.25) is 0 Å². The Hall–Kier alpha value is -0.910. The molecule has 1 rings (SSSR count). The molecule has 1 heterocycles. The number of likely N-dealkylation sites (tertiary alicyclic amines) is 1. The van der Waals surface area contributed by atoms with Crippen LogP contribution in [0.25, 0.3) is 0 Å². The maximum absolute atomic E-state index is 12.3. The number of nitrogens with zero attached hydrogens (tertiary/aromatic N) is 1. The summed E-state index contributed by atoms with van der Waals surface area (Å²) in [6.45, 7) is 4.84. The largest absolute Gasteiger partial charge is 0.444 e. The number of carbonyl (C=O) groups excluding carboxylic acids is 1. The molecule has 0 aromatic rings. The first-order chi connectivity index (χ1) is 6.64. The Morgan fingerprint density at radius 2 is 1.93 bits per heavy atom. The second kappa shape index (κ2) is 3.59. The van der Waals surface area contributed by atoms with Crippen LogP contribution < -0.4 is 5.73 Å². The van der Waals surface area contributed by atoms with E-state index in [0.717, 1.165) is 0 Å². The van der Waals surface area contributed by atoms with E-state index < -0.39 is 23.7 Å². The summed E-state index contributed by atoms with van der Waals surface area (Å²) < 4.78 is 29.7. The highest BCUT2D eigenvalue weighted by atomic mass is 19.3. The molecule has 0 aromatic heterocycles. The highest BCUT2D eigenvalue weighted by Gasteiger charge is 2.50. The van der Waals surface area contributed by atoms with Gasteiger partial charge in [0, 0.05) is 13.1 Å². The van der Waals surface area contributed by atoms with Gasteiger partial charge >= 0.3 is 6.09 Å². The molecule has 1 amide bonds. The number of ether oxygens (including phenoxy) is 1. The lowest BCUT2D eigenvalue weighted by Gasteiger charge is -2.46. The molecular formula is C9H16F2N2O2. The summed E-state index contributed by atoms with van der Waals surface area (Å²) in [5, 5.41) is 0. The van der Waals surface area contributed by atoms with Crippen molar-refractivity contribution in [2.24, 2.45) is 5.73 Å². The van der Waals surface area contributed by atoms with Crippen LogP contribution in [0.5, 0.6) is 0 Å². The molecule has 88 valence electrons. The number of carbonyl (C=O) groups is 1. The molecule has 6 heteroatoms. The normalized spacial score (nSPS) is 20.1. The first-order valence-electron chi connectivity index (χ1n) is 4.69. The molecule has 0 spiro atoms. The van der Waals surface area contributed by atoms with E-state index in [1.165, 1.54) is 4.90 Å². The molecule has 4 nitrogen and oxygen atoms in total. The summed E-state index contributed by atoms with van der Waals surface area (Å²) in [4.78, 5) is 12.5. The molecule has 0 radical (unpaired) electrons. The van der Waals surface area contributed by atoms with E-state index in [2.05, 4.69) is 0 Å². The molecule has 0 atom stereocenters. The number of nitrogens with two attached hydrogens (primary N) is 1. The quantitative estimate of drug-likeness (QED) is 0.725. The molecular weight excluding hydrogens is 206 g/mol. The second-order valence-corrected chi connectivity index (χ2v) is 4.87. The fraction of sp³-hybridized carbons (Fsp3) is 0.889. The Labute approximate surface area is 87.4 Å². The third kappa shape index (κ3) is 2.77. The Balaban J connectivity index is 2.42. The van der Waals surface area contributed by atoms with Crippen molar-refractivity contribution in [3.63, 3.8) is 0 Å². The highest BCUT2D eigenvalue weighted by molar-refractivity contribution is 5.69. The fourth-order valence-electron chi connectivity index (χ4n) is 1.26. The van der Waals surface area contributed by atoms with Crippen LogP contribution >= 0.6 is 0 Å². The minimum Gasteiger partial charge on any atom is -0.444 e. The zero-order valence-corrected chi connectivity index (χ0v) is 9.09. The minimum atomic E-state index is -2.61. The van der Waals surface area contributed by atoms with E-state index >= 15 is 0 Å². The average molecular weight is 222 g/mol. The van der Waals surface area contributed by atoms with Gasteiger partial charge in [-0.3, -0.25) is 0 Å². The molecule has 15 heavy (non-hydrogen) atoms. The Kier molecular flexibility index (Phi) is 2.91. The van der Waals surface area contributed by atoms with Gasteiger partial charge in [-0.05, 0) is 20.8 Å². The van der Waals surface area contributed by atoms with Gasteiger partial charge in [0.2, 0.25) is 0 Å². The number of alkyl halides is 2. The van der Waals surface area contributed by atoms with Gasteiger partial charge in [0.25, 0.3) is 6.43 Å². The maximum atomic E-state index is 12.3. The zero-order chi connectivity index (χ0) is 11.9. The van der Waals surface area contributed by atoms with Crippen molar-refractivity contribution >= 4 is 6.09 Å². The molecule has 0 saturated carbocycles. The number of hydrogen-bond donors (Lipinski definition) is 1. The predicted octanol–water partition coefficient (Wildman–Crippen LogP) is 1.20. The fourth-order valence-corrected chi connectivity index (χ4v) is 1.26. The van der Waals surface area contributed by atoms with Crippen LogP contribution in [0.1, 0.15) is 20.8 Å². The van der Waals surface area contributed by atoms with Crippen molar-refractivity contribution in [3.05, 3.63) is 0 Å². The van der Waals surface area contributed by atoms with Crippen LogP contribution in [0, 0.1) is 0 Å². The van der Waals surface area contributed by atoms with E-state index in [-0.39, 0.29) is 13.1 Å². The second-order valence-electron chi connectivity index (χ2n) is 4.87. The number of amides is 1. The number of hydrogen-bond acceptors (Lipinski definition) is 3. The number of halogens is 2. The van der Waals surface area contributed by atoms with Crippen molar-refractivity contribution in [2.45, 2.75) is 38.3 Å². The Morgan fingerprint density at radius 1 is 1.47 bits per heavy atom. The summed E-state index contributed by atoms with van der Waals surface area (Å²) in [7, 11) is 0. The van der Waals surface area contributed by atoms with E-state index in [1.54, 1.807) is 20.8 Å². The Bertz CT molecular complexity index is 257. The summed E-state index contributed by atoms with van der Waals surface area (Å²) >= 11 is 0. The van der Waals surface area contributed by atoms with Gasteiger partial charge in [0.05, 0.1) is 0 Å². The Morgan fingerprint density at radius 3 is 2.27 bits per heavy atom. The molecule has 1 aliphatic rings. The van der Waals surface area contributed by atoms with Crippen LogP contribution in [0.15, 0.2) is 0 Å². The molecule has 1 fully saturated rings. The molecule has 0 aromatic carbocycles. The van der Waals surface area contributed by atoms with Crippen LogP contribution in [-0.4, -0.2) is 41.6 Å². The van der Waals surface area contributed by atoms with Crippen molar-refractivity contribution in [1.82, 2.24) is 4.90 Å². The van der Waals surface area contributed by atoms with E-state index in [0.29, 0.717) is 0 Å². The first-order valence-corrected chi connectivity index (χ1v) is 4.69. The monoisotopic (exact) mass is 222 g/mol. The van der Waals surface area contributed by atoms with Gasteiger partial charge in [-0.1, -0.05) is 0 Å². The molecule has 0 aliphatic carbocycles. The summed E-state index contributed by atoms with van der Waals surface area (Å²) in [6.07, 6.45) is -3.21. The van der Waals surface area contributed by atoms with E-state index in [1.807, 2.05) is 0 Å². The number of rotatable bonds is 1. The highest BCUT2D eigenvalue weighted by Crippen LogP contribution is 2.26. The van der Waals surface area contributed by atoms with Crippen LogP contribution in [-0.2, 0) is 4.74 Å². The van der Waals surface area contributed by atoms with Crippen molar-refractivity contribution in [1.29, 1.82) is 0 Å².